The molecule has 0 spiro atoms. The average molecular weight is 218 g/mol. The smallest absolute Gasteiger partial charge is 0.159 e. The maximum atomic E-state index is 12.0. The first-order chi connectivity index (χ1) is 7.53. The molecule has 0 N–H and O–H groups in total. The highest BCUT2D eigenvalue weighted by Crippen LogP contribution is 2.54. The van der Waals surface area contributed by atoms with Crippen molar-refractivity contribution in [1.82, 2.24) is 0 Å². The van der Waals surface area contributed by atoms with E-state index in [1.807, 2.05) is 6.92 Å². The Balaban J connectivity index is 2.58. The molecule has 0 aromatic rings. The van der Waals surface area contributed by atoms with E-state index in [4.69, 9.17) is 0 Å². The van der Waals surface area contributed by atoms with Crippen LogP contribution < -0.4 is 0 Å². The molecule has 0 saturated heterocycles. The molecule has 0 aromatic heterocycles. The van der Waals surface area contributed by atoms with Crippen LogP contribution >= 0.6 is 0 Å². The van der Waals surface area contributed by atoms with Gasteiger partial charge in [0.05, 0.1) is 0 Å². The Labute approximate surface area is 96.4 Å². The van der Waals surface area contributed by atoms with Crippen molar-refractivity contribution in [3.8, 4) is 0 Å². The van der Waals surface area contributed by atoms with Crippen molar-refractivity contribution in [2.45, 2.75) is 39.5 Å². The fraction of sp³-hybridized carbons (Fsp3) is 0.571. The van der Waals surface area contributed by atoms with Gasteiger partial charge in [0, 0.05) is 17.4 Å². The summed E-state index contributed by atoms with van der Waals surface area (Å²) in [6.45, 7) is 8.06. The van der Waals surface area contributed by atoms with Crippen LogP contribution in [0, 0.1) is 11.3 Å². The number of fused-ring (bicyclic) bond motifs is 1. The Hall–Kier alpha value is -1.18. The minimum atomic E-state index is -0.310. The molecule has 0 heterocycles. The van der Waals surface area contributed by atoms with Gasteiger partial charge in [-0.1, -0.05) is 19.1 Å². The number of hydrogen-bond acceptors (Lipinski definition) is 2. The molecule has 2 nitrogen and oxygen atoms in total. The van der Waals surface area contributed by atoms with Gasteiger partial charge in [-0.15, -0.1) is 0 Å². The molecular weight excluding hydrogens is 200 g/mol. The zero-order valence-corrected chi connectivity index (χ0v) is 10.0. The van der Waals surface area contributed by atoms with Crippen LogP contribution in [0.2, 0.25) is 0 Å². The number of Topliss-reactive ketones (excluding diaryl/α,β-unsaturated/α-hetero) is 1. The highest BCUT2D eigenvalue weighted by molar-refractivity contribution is 6.02. The first-order valence-electron chi connectivity index (χ1n) is 5.92. The van der Waals surface area contributed by atoms with E-state index in [2.05, 4.69) is 13.5 Å². The Morgan fingerprint density at radius 2 is 2.19 bits per heavy atom. The van der Waals surface area contributed by atoms with E-state index >= 15 is 0 Å². The molecule has 0 amide bonds. The van der Waals surface area contributed by atoms with Gasteiger partial charge < -0.3 is 0 Å². The SMILES string of the molecule is C=C(C=O)C12CCC(=O)C1=C(C)C(C)CC2. The summed E-state index contributed by atoms with van der Waals surface area (Å²) in [6, 6.07) is 0. The lowest BCUT2D eigenvalue weighted by Crippen LogP contribution is -2.30. The Morgan fingerprint density at radius 3 is 2.81 bits per heavy atom. The first kappa shape index (κ1) is 11.3. The summed E-state index contributed by atoms with van der Waals surface area (Å²) in [7, 11) is 0. The van der Waals surface area contributed by atoms with Crippen LogP contribution in [0.4, 0.5) is 0 Å². The predicted octanol–water partition coefficient (Wildman–Crippen LogP) is 2.84. The predicted molar refractivity (Wildman–Crippen MR) is 63.0 cm³/mol. The van der Waals surface area contributed by atoms with Gasteiger partial charge in [0.15, 0.2) is 5.78 Å². The van der Waals surface area contributed by atoms with Crippen LogP contribution in [0.1, 0.15) is 39.5 Å². The van der Waals surface area contributed by atoms with Gasteiger partial charge in [0.25, 0.3) is 0 Å². The minimum absolute atomic E-state index is 0.229. The summed E-state index contributed by atoms with van der Waals surface area (Å²) in [5.74, 6) is 0.691. The largest absolute Gasteiger partial charge is 0.298 e. The van der Waals surface area contributed by atoms with E-state index in [0.717, 1.165) is 31.1 Å². The van der Waals surface area contributed by atoms with Gasteiger partial charge in [0.2, 0.25) is 0 Å². The molecule has 2 aliphatic carbocycles. The van der Waals surface area contributed by atoms with Crippen LogP contribution in [0.15, 0.2) is 23.3 Å². The molecule has 0 aliphatic heterocycles. The van der Waals surface area contributed by atoms with Gasteiger partial charge in [-0.25, -0.2) is 0 Å². The fourth-order valence-electron chi connectivity index (χ4n) is 3.21. The third kappa shape index (κ3) is 1.32. The lowest BCUT2D eigenvalue weighted by Gasteiger charge is -2.37. The van der Waals surface area contributed by atoms with E-state index in [9.17, 15) is 9.59 Å². The van der Waals surface area contributed by atoms with Gasteiger partial charge >= 0.3 is 0 Å². The van der Waals surface area contributed by atoms with Gasteiger partial charge in [-0.3, -0.25) is 9.59 Å². The molecule has 1 saturated carbocycles. The molecule has 0 radical (unpaired) electrons. The monoisotopic (exact) mass is 218 g/mol. The Kier molecular flexibility index (Phi) is 2.61. The summed E-state index contributed by atoms with van der Waals surface area (Å²) < 4.78 is 0. The quantitative estimate of drug-likeness (QED) is 0.527. The highest BCUT2D eigenvalue weighted by atomic mass is 16.1. The van der Waals surface area contributed by atoms with Crippen molar-refractivity contribution < 1.29 is 9.59 Å². The molecule has 86 valence electrons. The van der Waals surface area contributed by atoms with Gasteiger partial charge in [-0.05, 0) is 37.7 Å². The Morgan fingerprint density at radius 1 is 1.50 bits per heavy atom. The molecule has 16 heavy (non-hydrogen) atoms. The number of hydrogen-bond donors (Lipinski definition) is 0. The van der Waals surface area contributed by atoms with Crippen LogP contribution in [0.3, 0.4) is 0 Å². The molecule has 2 atom stereocenters. The van der Waals surface area contributed by atoms with Gasteiger partial charge in [0.1, 0.15) is 6.29 Å². The van der Waals surface area contributed by atoms with Gasteiger partial charge in [-0.2, -0.15) is 0 Å². The van der Waals surface area contributed by atoms with E-state index in [1.54, 1.807) is 0 Å². The lowest BCUT2D eigenvalue weighted by molar-refractivity contribution is -0.114. The van der Waals surface area contributed by atoms with Crippen molar-refractivity contribution in [2.75, 3.05) is 0 Å². The average Bonchev–Trinajstić information content (AvgIpc) is 2.62. The van der Waals surface area contributed by atoms with Crippen molar-refractivity contribution in [1.29, 1.82) is 0 Å². The number of carbonyl (C=O) groups excluding carboxylic acids is 2. The maximum Gasteiger partial charge on any atom is 0.159 e. The molecule has 2 rings (SSSR count). The van der Waals surface area contributed by atoms with E-state index in [-0.39, 0.29) is 11.2 Å². The standard InChI is InChI=1S/C14H18O2/c1-9-4-6-14(10(2)8-15)7-5-12(16)13(14)11(9)3/h8-9H,2,4-7H2,1,3H3. The fourth-order valence-corrected chi connectivity index (χ4v) is 3.21. The topological polar surface area (TPSA) is 34.1 Å². The van der Waals surface area contributed by atoms with Crippen LogP contribution in [0.5, 0.6) is 0 Å². The second-order valence-electron chi connectivity index (χ2n) is 5.15. The zero-order chi connectivity index (χ0) is 11.9. The van der Waals surface area contributed by atoms with Crippen molar-refractivity contribution in [3.05, 3.63) is 23.3 Å². The highest BCUT2D eigenvalue weighted by Gasteiger charge is 2.48. The first-order valence-corrected chi connectivity index (χ1v) is 5.92. The lowest BCUT2D eigenvalue weighted by atomic mass is 9.65. The molecule has 2 unspecified atom stereocenters. The van der Waals surface area contributed by atoms with Crippen molar-refractivity contribution >= 4 is 12.1 Å². The third-order valence-electron chi connectivity index (χ3n) is 4.43. The Bertz CT molecular complexity index is 403. The van der Waals surface area contributed by atoms with Crippen LogP contribution in [-0.4, -0.2) is 12.1 Å². The number of allylic oxidation sites excluding steroid dienone is 3. The number of ketones is 1. The summed E-state index contributed by atoms with van der Waals surface area (Å²) in [5, 5.41) is 0. The summed E-state index contributed by atoms with van der Waals surface area (Å²) in [4.78, 5) is 23.0. The van der Waals surface area contributed by atoms with Crippen LogP contribution in [-0.2, 0) is 9.59 Å². The minimum Gasteiger partial charge on any atom is -0.298 e. The molecule has 1 fully saturated rings. The van der Waals surface area contributed by atoms with Crippen LogP contribution in [0.25, 0.3) is 0 Å². The summed E-state index contributed by atoms with van der Waals surface area (Å²) in [6.07, 6.45) is 4.15. The maximum absolute atomic E-state index is 12.0. The van der Waals surface area contributed by atoms with Crippen molar-refractivity contribution in [3.63, 3.8) is 0 Å². The molecular formula is C14H18O2. The second-order valence-corrected chi connectivity index (χ2v) is 5.15. The number of carbonyl (C=O) groups is 2. The molecule has 2 heteroatoms. The van der Waals surface area contributed by atoms with Crippen molar-refractivity contribution in [2.24, 2.45) is 11.3 Å². The molecule has 0 bridgehead atoms. The molecule has 2 aliphatic rings. The normalized spacial score (nSPS) is 33.9. The second kappa shape index (κ2) is 3.69. The van der Waals surface area contributed by atoms with E-state index in [1.165, 1.54) is 5.57 Å². The molecule has 0 aromatic carbocycles. The number of aldehydes is 1. The van der Waals surface area contributed by atoms with E-state index < -0.39 is 0 Å². The summed E-state index contributed by atoms with van der Waals surface area (Å²) >= 11 is 0. The third-order valence-corrected chi connectivity index (χ3v) is 4.43. The van der Waals surface area contributed by atoms with E-state index in [0.29, 0.717) is 17.9 Å². The zero-order valence-electron chi connectivity index (χ0n) is 10.0. The summed E-state index contributed by atoms with van der Waals surface area (Å²) in [5.41, 5.74) is 2.37. The number of rotatable bonds is 2.